The Hall–Kier alpha value is -3.04. The van der Waals surface area contributed by atoms with Crippen molar-refractivity contribution in [1.82, 2.24) is 20.4 Å². The van der Waals surface area contributed by atoms with E-state index in [9.17, 15) is 0 Å². The topological polar surface area (TPSA) is 95.7 Å². The summed E-state index contributed by atoms with van der Waals surface area (Å²) in [6.45, 7) is 0. The SMILES string of the molecule is S=c1[nH]nc(-c2ccc(Nc3ccccc3-c3n[nH]c(=S)o3)cc2)o1. The van der Waals surface area contributed by atoms with E-state index in [1.165, 1.54) is 0 Å². The van der Waals surface area contributed by atoms with E-state index in [2.05, 4.69) is 25.7 Å². The van der Waals surface area contributed by atoms with Crippen LogP contribution in [0.4, 0.5) is 11.4 Å². The standard InChI is InChI=1S/C16H11N5O2S2/c24-15-20-18-13(22-15)9-5-7-10(8-6-9)17-12-4-2-1-3-11(12)14-19-21-16(25)23-14/h1-8,17H,(H,20,24)(H,21,25). The van der Waals surface area contributed by atoms with Crippen molar-refractivity contribution in [2.75, 3.05) is 5.32 Å². The van der Waals surface area contributed by atoms with Crippen LogP contribution in [0.5, 0.6) is 0 Å². The molecule has 0 atom stereocenters. The Morgan fingerprint density at radius 1 is 0.800 bits per heavy atom. The highest BCUT2D eigenvalue weighted by Gasteiger charge is 2.10. The van der Waals surface area contributed by atoms with Crippen LogP contribution >= 0.6 is 24.4 Å². The lowest BCUT2D eigenvalue weighted by atomic mass is 10.1. The predicted molar refractivity (Wildman–Crippen MR) is 97.5 cm³/mol. The monoisotopic (exact) mass is 369 g/mol. The van der Waals surface area contributed by atoms with Gasteiger partial charge in [0.2, 0.25) is 11.8 Å². The first kappa shape index (κ1) is 15.5. The third-order valence-corrected chi connectivity index (χ3v) is 3.79. The van der Waals surface area contributed by atoms with Crippen molar-refractivity contribution in [2.24, 2.45) is 0 Å². The molecular weight excluding hydrogens is 358 g/mol. The van der Waals surface area contributed by atoms with Crippen molar-refractivity contribution in [1.29, 1.82) is 0 Å². The van der Waals surface area contributed by atoms with Gasteiger partial charge in [0.15, 0.2) is 0 Å². The molecule has 0 radical (unpaired) electrons. The number of aromatic nitrogens is 4. The van der Waals surface area contributed by atoms with Gasteiger partial charge in [0, 0.05) is 11.3 Å². The third kappa shape index (κ3) is 3.28. The van der Waals surface area contributed by atoms with Crippen LogP contribution in [0, 0.1) is 9.67 Å². The number of hydrogen-bond donors (Lipinski definition) is 3. The molecule has 0 bridgehead atoms. The average molecular weight is 369 g/mol. The molecule has 2 aromatic carbocycles. The normalized spacial score (nSPS) is 10.7. The third-order valence-electron chi connectivity index (χ3n) is 3.44. The lowest BCUT2D eigenvalue weighted by Gasteiger charge is -2.10. The quantitative estimate of drug-likeness (QED) is 0.442. The van der Waals surface area contributed by atoms with Crippen LogP contribution in [0.2, 0.25) is 0 Å². The maximum atomic E-state index is 5.40. The predicted octanol–water partition coefficient (Wildman–Crippen LogP) is 4.86. The Balaban J connectivity index is 1.63. The van der Waals surface area contributed by atoms with Crippen LogP contribution in [-0.2, 0) is 0 Å². The highest BCUT2D eigenvalue weighted by molar-refractivity contribution is 7.71. The Labute approximate surface area is 151 Å². The number of rotatable bonds is 4. The molecule has 9 heteroatoms. The molecule has 0 unspecified atom stereocenters. The second-order valence-electron chi connectivity index (χ2n) is 5.08. The van der Waals surface area contributed by atoms with Gasteiger partial charge in [-0.05, 0) is 60.8 Å². The Morgan fingerprint density at radius 3 is 2.08 bits per heavy atom. The van der Waals surface area contributed by atoms with Gasteiger partial charge in [-0.15, -0.1) is 10.2 Å². The van der Waals surface area contributed by atoms with E-state index in [0.717, 1.165) is 22.5 Å². The largest absolute Gasteiger partial charge is 0.409 e. The van der Waals surface area contributed by atoms with Crippen molar-refractivity contribution in [3.63, 3.8) is 0 Å². The second kappa shape index (κ2) is 6.46. The molecule has 0 aliphatic rings. The smallest absolute Gasteiger partial charge is 0.284 e. The van der Waals surface area contributed by atoms with Crippen molar-refractivity contribution in [2.45, 2.75) is 0 Å². The number of H-pyrrole nitrogens is 2. The van der Waals surface area contributed by atoms with Gasteiger partial charge < -0.3 is 14.2 Å². The zero-order valence-electron chi connectivity index (χ0n) is 12.6. The maximum absolute atomic E-state index is 5.40. The minimum Gasteiger partial charge on any atom is -0.409 e. The fourth-order valence-electron chi connectivity index (χ4n) is 2.33. The van der Waals surface area contributed by atoms with Gasteiger partial charge in [-0.25, -0.2) is 10.2 Å². The van der Waals surface area contributed by atoms with Crippen LogP contribution in [0.1, 0.15) is 0 Å². The molecule has 25 heavy (non-hydrogen) atoms. The van der Waals surface area contributed by atoms with Crippen molar-refractivity contribution in [3.8, 4) is 22.9 Å². The zero-order chi connectivity index (χ0) is 17.2. The van der Waals surface area contributed by atoms with Gasteiger partial charge in [-0.3, -0.25) is 0 Å². The van der Waals surface area contributed by atoms with Crippen molar-refractivity contribution < 1.29 is 8.83 Å². The molecule has 0 spiro atoms. The highest BCUT2D eigenvalue weighted by Crippen LogP contribution is 2.29. The number of hydrogen-bond acceptors (Lipinski definition) is 7. The summed E-state index contributed by atoms with van der Waals surface area (Å²) in [7, 11) is 0. The van der Waals surface area contributed by atoms with Crippen LogP contribution in [0.3, 0.4) is 0 Å². The van der Waals surface area contributed by atoms with Crippen LogP contribution in [0.25, 0.3) is 22.9 Å². The van der Waals surface area contributed by atoms with Crippen molar-refractivity contribution >= 4 is 35.8 Å². The van der Waals surface area contributed by atoms with Gasteiger partial charge in [0.1, 0.15) is 0 Å². The Bertz CT molecular complexity index is 1120. The number of benzene rings is 2. The van der Waals surface area contributed by atoms with Gasteiger partial charge in [0.25, 0.3) is 9.67 Å². The molecule has 3 N–H and O–H groups in total. The van der Waals surface area contributed by atoms with Gasteiger partial charge >= 0.3 is 0 Å². The first-order chi connectivity index (χ1) is 12.2. The van der Waals surface area contributed by atoms with Crippen LogP contribution in [0.15, 0.2) is 57.4 Å². The summed E-state index contributed by atoms with van der Waals surface area (Å²) in [4.78, 5) is 0.480. The number of anilines is 2. The minimum absolute atomic E-state index is 0.234. The Kier molecular flexibility index (Phi) is 4.00. The van der Waals surface area contributed by atoms with Gasteiger partial charge in [-0.2, -0.15) is 0 Å². The van der Waals surface area contributed by atoms with E-state index in [4.69, 9.17) is 33.3 Å². The summed E-state index contributed by atoms with van der Waals surface area (Å²) >= 11 is 9.82. The van der Waals surface area contributed by atoms with E-state index in [1.54, 1.807) is 0 Å². The summed E-state index contributed by atoms with van der Waals surface area (Å²) < 4.78 is 10.7. The molecule has 7 nitrogen and oxygen atoms in total. The lowest BCUT2D eigenvalue weighted by molar-refractivity contribution is 0.552. The number of nitrogens with zero attached hydrogens (tertiary/aromatic N) is 2. The van der Waals surface area contributed by atoms with Gasteiger partial charge in [-0.1, -0.05) is 12.1 Å². The molecule has 0 aliphatic heterocycles. The number of aromatic amines is 2. The average Bonchev–Trinajstić information content (AvgIpc) is 3.25. The molecule has 4 aromatic rings. The molecule has 2 aromatic heterocycles. The highest BCUT2D eigenvalue weighted by atomic mass is 32.1. The number of nitrogens with one attached hydrogen (secondary N) is 3. The van der Waals surface area contributed by atoms with Crippen LogP contribution < -0.4 is 5.32 Å². The molecule has 2 heterocycles. The molecule has 0 aliphatic carbocycles. The fraction of sp³-hybridized carbons (Fsp3) is 0. The fourth-order valence-corrected chi connectivity index (χ4v) is 2.58. The van der Waals surface area contributed by atoms with E-state index in [1.807, 2.05) is 48.5 Å². The summed E-state index contributed by atoms with van der Waals surface area (Å²) in [5, 5.41) is 16.6. The van der Waals surface area contributed by atoms with Crippen LogP contribution in [-0.4, -0.2) is 20.4 Å². The minimum atomic E-state index is 0.234. The summed E-state index contributed by atoms with van der Waals surface area (Å²) in [6.07, 6.45) is 0. The first-order valence-corrected chi connectivity index (χ1v) is 8.08. The van der Waals surface area contributed by atoms with Gasteiger partial charge in [0.05, 0.1) is 11.3 Å². The van der Waals surface area contributed by atoms with Crippen molar-refractivity contribution in [3.05, 3.63) is 58.2 Å². The summed E-state index contributed by atoms with van der Waals surface area (Å²) in [5.74, 6) is 0.878. The lowest BCUT2D eigenvalue weighted by Crippen LogP contribution is -1.93. The first-order valence-electron chi connectivity index (χ1n) is 7.27. The molecule has 0 saturated carbocycles. The zero-order valence-corrected chi connectivity index (χ0v) is 14.3. The second-order valence-corrected chi connectivity index (χ2v) is 5.83. The molecule has 0 saturated heterocycles. The van der Waals surface area contributed by atoms with E-state index in [-0.39, 0.29) is 9.67 Å². The molecule has 124 valence electrons. The molecule has 0 fully saturated rings. The Morgan fingerprint density at radius 2 is 1.44 bits per heavy atom. The molecule has 0 amide bonds. The maximum Gasteiger partial charge on any atom is 0.284 e. The van der Waals surface area contributed by atoms with E-state index >= 15 is 0 Å². The number of para-hydroxylation sites is 1. The summed E-state index contributed by atoms with van der Waals surface area (Å²) in [5.41, 5.74) is 3.36. The van der Waals surface area contributed by atoms with E-state index < -0.39 is 0 Å². The molecular formula is C16H11N5O2S2. The summed E-state index contributed by atoms with van der Waals surface area (Å²) in [6, 6.07) is 15.3. The van der Waals surface area contributed by atoms with E-state index in [0.29, 0.717) is 11.8 Å². The molecule has 4 rings (SSSR count).